The molecule has 0 fully saturated rings. The number of hydrogen-bond acceptors (Lipinski definition) is 3. The minimum atomic E-state index is 0.804. The lowest BCUT2D eigenvalue weighted by molar-refractivity contribution is 0.259. The maximum atomic E-state index is 5.67. The van der Waals surface area contributed by atoms with Crippen molar-refractivity contribution in [2.75, 3.05) is 13.1 Å². The van der Waals surface area contributed by atoms with Gasteiger partial charge >= 0.3 is 0 Å². The third kappa shape index (κ3) is 2.99. The van der Waals surface area contributed by atoms with Crippen LogP contribution in [0.15, 0.2) is 47.0 Å². The standard InChI is InChI=1S/C17H20N2O/c1-2-16-12-18-17(20-16)13-19-10-8-15(9-11-19)14-6-4-3-5-7-14/h3-8,12H,2,9-11,13H2,1H3. The summed E-state index contributed by atoms with van der Waals surface area (Å²) in [7, 11) is 0. The molecule has 1 aliphatic heterocycles. The van der Waals surface area contributed by atoms with Gasteiger partial charge in [0, 0.05) is 19.5 Å². The Balaban J connectivity index is 1.62. The van der Waals surface area contributed by atoms with E-state index in [9.17, 15) is 0 Å². The molecule has 20 heavy (non-hydrogen) atoms. The van der Waals surface area contributed by atoms with Gasteiger partial charge in [0.1, 0.15) is 5.76 Å². The first kappa shape index (κ1) is 13.1. The van der Waals surface area contributed by atoms with E-state index < -0.39 is 0 Å². The molecule has 2 aromatic rings. The molecule has 0 bridgehead atoms. The normalized spacial score (nSPS) is 16.1. The van der Waals surface area contributed by atoms with Gasteiger partial charge in [-0.2, -0.15) is 0 Å². The lowest BCUT2D eigenvalue weighted by Gasteiger charge is -2.25. The largest absolute Gasteiger partial charge is 0.444 e. The summed E-state index contributed by atoms with van der Waals surface area (Å²) in [6.07, 6.45) is 6.16. The van der Waals surface area contributed by atoms with Crippen molar-refractivity contribution in [2.24, 2.45) is 0 Å². The fraction of sp³-hybridized carbons (Fsp3) is 0.353. The number of nitrogens with zero attached hydrogens (tertiary/aromatic N) is 2. The van der Waals surface area contributed by atoms with E-state index in [1.807, 2.05) is 6.20 Å². The summed E-state index contributed by atoms with van der Waals surface area (Å²) in [6.45, 7) is 4.91. The summed E-state index contributed by atoms with van der Waals surface area (Å²) >= 11 is 0. The van der Waals surface area contributed by atoms with Crippen molar-refractivity contribution in [1.29, 1.82) is 0 Å². The van der Waals surface area contributed by atoms with Crippen LogP contribution >= 0.6 is 0 Å². The van der Waals surface area contributed by atoms with Gasteiger partial charge in [-0.05, 0) is 17.6 Å². The molecule has 0 amide bonds. The average molecular weight is 268 g/mol. The molecule has 0 radical (unpaired) electrons. The first-order valence-corrected chi connectivity index (χ1v) is 7.25. The molecule has 0 saturated carbocycles. The van der Waals surface area contributed by atoms with Crippen LogP contribution in [0.1, 0.15) is 30.6 Å². The summed E-state index contributed by atoms with van der Waals surface area (Å²) in [6, 6.07) is 10.6. The number of oxazole rings is 1. The van der Waals surface area contributed by atoms with Gasteiger partial charge in [0.25, 0.3) is 0 Å². The minimum absolute atomic E-state index is 0.804. The van der Waals surface area contributed by atoms with E-state index in [1.165, 1.54) is 11.1 Å². The maximum absolute atomic E-state index is 5.67. The molecule has 0 saturated heterocycles. The highest BCUT2D eigenvalue weighted by atomic mass is 16.4. The van der Waals surface area contributed by atoms with Crippen molar-refractivity contribution in [3.63, 3.8) is 0 Å². The Labute approximate surface area is 119 Å². The minimum Gasteiger partial charge on any atom is -0.444 e. The Morgan fingerprint density at radius 2 is 2.10 bits per heavy atom. The van der Waals surface area contributed by atoms with Gasteiger partial charge in [-0.1, -0.05) is 43.3 Å². The monoisotopic (exact) mass is 268 g/mol. The van der Waals surface area contributed by atoms with Gasteiger partial charge in [-0.3, -0.25) is 4.90 Å². The molecule has 3 rings (SSSR count). The van der Waals surface area contributed by atoms with Crippen molar-refractivity contribution < 1.29 is 4.42 Å². The van der Waals surface area contributed by atoms with Gasteiger partial charge < -0.3 is 4.42 Å². The second kappa shape index (κ2) is 6.06. The van der Waals surface area contributed by atoms with Crippen molar-refractivity contribution in [3.8, 4) is 0 Å². The zero-order valence-corrected chi connectivity index (χ0v) is 11.9. The zero-order valence-electron chi connectivity index (χ0n) is 11.9. The summed E-state index contributed by atoms with van der Waals surface area (Å²) in [4.78, 5) is 6.70. The number of aryl methyl sites for hydroxylation is 1. The Hall–Kier alpha value is -1.87. The molecule has 1 aromatic carbocycles. The molecule has 0 atom stereocenters. The van der Waals surface area contributed by atoms with Crippen LogP contribution in [0.25, 0.3) is 5.57 Å². The van der Waals surface area contributed by atoms with Gasteiger partial charge in [-0.25, -0.2) is 4.98 Å². The fourth-order valence-electron chi connectivity index (χ4n) is 2.55. The lowest BCUT2D eigenvalue weighted by Crippen LogP contribution is -2.28. The Morgan fingerprint density at radius 1 is 1.25 bits per heavy atom. The Kier molecular flexibility index (Phi) is 3.97. The van der Waals surface area contributed by atoms with E-state index in [2.05, 4.69) is 53.2 Å². The molecule has 1 aliphatic rings. The van der Waals surface area contributed by atoms with Crippen LogP contribution in [0, 0.1) is 0 Å². The van der Waals surface area contributed by atoms with Gasteiger partial charge in [0.05, 0.1) is 12.7 Å². The summed E-state index contributed by atoms with van der Waals surface area (Å²) in [5.41, 5.74) is 2.79. The van der Waals surface area contributed by atoms with Crippen LogP contribution in [0.5, 0.6) is 0 Å². The first-order chi connectivity index (χ1) is 9.85. The lowest BCUT2D eigenvalue weighted by atomic mass is 10.00. The molecular weight excluding hydrogens is 248 g/mol. The third-order valence-electron chi connectivity index (χ3n) is 3.75. The van der Waals surface area contributed by atoms with E-state index in [-0.39, 0.29) is 0 Å². The SMILES string of the molecule is CCc1cnc(CN2CC=C(c3ccccc3)CC2)o1. The summed E-state index contributed by atoms with van der Waals surface area (Å²) in [5.74, 6) is 1.80. The molecule has 0 unspecified atom stereocenters. The number of benzene rings is 1. The highest BCUT2D eigenvalue weighted by Gasteiger charge is 2.15. The van der Waals surface area contributed by atoms with Crippen LogP contribution in [0.2, 0.25) is 0 Å². The molecule has 2 heterocycles. The second-order valence-electron chi connectivity index (χ2n) is 5.15. The fourth-order valence-corrected chi connectivity index (χ4v) is 2.55. The van der Waals surface area contributed by atoms with Crippen molar-refractivity contribution in [1.82, 2.24) is 9.88 Å². The average Bonchev–Trinajstić information content (AvgIpc) is 2.97. The van der Waals surface area contributed by atoms with E-state index in [0.717, 1.165) is 44.1 Å². The molecule has 1 aromatic heterocycles. The van der Waals surface area contributed by atoms with Crippen LogP contribution in [-0.2, 0) is 13.0 Å². The zero-order chi connectivity index (χ0) is 13.8. The van der Waals surface area contributed by atoms with Crippen LogP contribution < -0.4 is 0 Å². The quantitative estimate of drug-likeness (QED) is 0.849. The van der Waals surface area contributed by atoms with Gasteiger partial charge in [0.15, 0.2) is 0 Å². The first-order valence-electron chi connectivity index (χ1n) is 7.25. The molecule has 0 N–H and O–H groups in total. The van der Waals surface area contributed by atoms with Gasteiger partial charge in [-0.15, -0.1) is 0 Å². The van der Waals surface area contributed by atoms with E-state index in [1.54, 1.807) is 0 Å². The Bertz CT molecular complexity index is 586. The van der Waals surface area contributed by atoms with Gasteiger partial charge in [0.2, 0.25) is 5.89 Å². The summed E-state index contributed by atoms with van der Waals surface area (Å²) < 4.78 is 5.67. The van der Waals surface area contributed by atoms with Crippen molar-refractivity contribution in [2.45, 2.75) is 26.3 Å². The molecular formula is C17H20N2O. The maximum Gasteiger partial charge on any atom is 0.208 e. The Morgan fingerprint density at radius 3 is 2.75 bits per heavy atom. The molecule has 0 spiro atoms. The molecule has 104 valence electrons. The van der Waals surface area contributed by atoms with Crippen molar-refractivity contribution >= 4 is 5.57 Å². The number of aromatic nitrogens is 1. The molecule has 3 heteroatoms. The predicted molar refractivity (Wildman–Crippen MR) is 80.2 cm³/mol. The highest BCUT2D eigenvalue weighted by molar-refractivity contribution is 5.66. The highest BCUT2D eigenvalue weighted by Crippen LogP contribution is 2.22. The molecule has 0 aliphatic carbocycles. The van der Waals surface area contributed by atoms with E-state index in [0.29, 0.717) is 0 Å². The third-order valence-corrected chi connectivity index (χ3v) is 3.75. The summed E-state index contributed by atoms with van der Waals surface area (Å²) in [5, 5.41) is 0. The second-order valence-corrected chi connectivity index (χ2v) is 5.15. The van der Waals surface area contributed by atoms with Crippen LogP contribution in [0.3, 0.4) is 0 Å². The van der Waals surface area contributed by atoms with Crippen LogP contribution in [0.4, 0.5) is 0 Å². The van der Waals surface area contributed by atoms with Crippen LogP contribution in [-0.4, -0.2) is 23.0 Å². The number of rotatable bonds is 4. The van der Waals surface area contributed by atoms with E-state index >= 15 is 0 Å². The smallest absolute Gasteiger partial charge is 0.208 e. The topological polar surface area (TPSA) is 29.3 Å². The van der Waals surface area contributed by atoms with E-state index in [4.69, 9.17) is 4.42 Å². The molecule has 3 nitrogen and oxygen atoms in total. The number of hydrogen-bond donors (Lipinski definition) is 0. The van der Waals surface area contributed by atoms with Crippen molar-refractivity contribution in [3.05, 3.63) is 59.8 Å². The predicted octanol–water partition coefficient (Wildman–Crippen LogP) is 3.53.